The van der Waals surface area contributed by atoms with Gasteiger partial charge in [-0.2, -0.15) is 5.10 Å². The van der Waals surface area contributed by atoms with Crippen molar-refractivity contribution < 1.29 is 9.72 Å². The summed E-state index contributed by atoms with van der Waals surface area (Å²) < 4.78 is 1.84. The van der Waals surface area contributed by atoms with Crippen LogP contribution in [0.1, 0.15) is 40.0 Å². The van der Waals surface area contributed by atoms with Crippen molar-refractivity contribution in [1.82, 2.24) is 14.7 Å². The Kier molecular flexibility index (Phi) is 7.23. The van der Waals surface area contributed by atoms with Crippen molar-refractivity contribution in [2.45, 2.75) is 32.6 Å². The zero-order chi connectivity index (χ0) is 25.9. The molecule has 1 aromatic heterocycles. The Hall–Kier alpha value is -3.72. The van der Waals surface area contributed by atoms with Crippen LogP contribution in [0.5, 0.6) is 0 Å². The van der Waals surface area contributed by atoms with E-state index in [1.54, 1.807) is 12.1 Å². The molecule has 1 amide bonds. The fourth-order valence-electron chi connectivity index (χ4n) is 5.41. The first-order chi connectivity index (χ1) is 17.9. The van der Waals surface area contributed by atoms with E-state index in [0.29, 0.717) is 12.1 Å². The Morgan fingerprint density at radius 1 is 1.00 bits per heavy atom. The first-order valence-electron chi connectivity index (χ1n) is 13.1. The minimum atomic E-state index is -0.445. The number of benzene rings is 2. The highest BCUT2D eigenvalue weighted by molar-refractivity contribution is 6.06. The molecule has 194 valence electrons. The Bertz CT molecular complexity index is 1260. The molecule has 0 radical (unpaired) electrons. The Morgan fingerprint density at radius 3 is 2.35 bits per heavy atom. The van der Waals surface area contributed by atoms with Gasteiger partial charge in [-0.15, -0.1) is 0 Å². The Balaban J connectivity index is 1.33. The van der Waals surface area contributed by atoms with Crippen molar-refractivity contribution >= 4 is 23.1 Å². The van der Waals surface area contributed by atoms with Gasteiger partial charge < -0.3 is 4.90 Å². The molecule has 9 nitrogen and oxygen atoms in total. The highest BCUT2D eigenvalue weighted by Gasteiger charge is 2.29. The average Bonchev–Trinajstić information content (AvgIpc) is 3.25. The number of nitrogens with zero attached hydrogens (tertiary/aromatic N) is 6. The van der Waals surface area contributed by atoms with Gasteiger partial charge in [-0.05, 0) is 56.9 Å². The maximum atomic E-state index is 13.8. The van der Waals surface area contributed by atoms with Gasteiger partial charge in [-0.25, -0.2) is 0 Å². The topological polar surface area (TPSA) is 87.8 Å². The maximum Gasteiger partial charge on any atom is 0.269 e. The van der Waals surface area contributed by atoms with Crippen LogP contribution in [-0.4, -0.2) is 64.8 Å². The summed E-state index contributed by atoms with van der Waals surface area (Å²) in [6.45, 7) is 7.13. The molecule has 0 spiro atoms. The molecule has 5 rings (SSSR count). The van der Waals surface area contributed by atoms with Crippen LogP contribution in [-0.2, 0) is 19.9 Å². The van der Waals surface area contributed by atoms with Crippen molar-refractivity contribution in [3.05, 3.63) is 81.0 Å². The van der Waals surface area contributed by atoms with E-state index in [9.17, 15) is 14.9 Å². The Morgan fingerprint density at radius 2 is 1.68 bits per heavy atom. The molecule has 2 heterocycles. The number of piperazine rings is 1. The molecule has 0 atom stereocenters. The second kappa shape index (κ2) is 10.7. The van der Waals surface area contributed by atoms with Crippen LogP contribution in [0.4, 0.5) is 17.2 Å². The molecule has 0 saturated carbocycles. The van der Waals surface area contributed by atoms with Crippen LogP contribution in [0.2, 0.25) is 0 Å². The molecule has 2 aliphatic rings. The van der Waals surface area contributed by atoms with Crippen molar-refractivity contribution in [1.29, 1.82) is 0 Å². The van der Waals surface area contributed by atoms with Crippen LogP contribution in [0.25, 0.3) is 0 Å². The minimum Gasteiger partial charge on any atom is -0.369 e. The molecule has 2 aromatic carbocycles. The summed E-state index contributed by atoms with van der Waals surface area (Å²) in [7, 11) is 1.91. The molecule has 1 aliphatic heterocycles. The molecule has 0 unspecified atom stereocenters. The zero-order valence-electron chi connectivity index (χ0n) is 21.6. The molecular weight excluding hydrogens is 468 g/mol. The van der Waals surface area contributed by atoms with Gasteiger partial charge in [0.1, 0.15) is 5.82 Å². The summed E-state index contributed by atoms with van der Waals surface area (Å²) in [5.41, 5.74) is 5.18. The molecule has 3 aromatic rings. The lowest BCUT2D eigenvalue weighted by Crippen LogP contribution is -2.49. The maximum absolute atomic E-state index is 13.8. The molecular formula is C28H34N6O3. The van der Waals surface area contributed by atoms with E-state index in [2.05, 4.69) is 41.0 Å². The normalized spacial score (nSPS) is 15.9. The lowest BCUT2D eigenvalue weighted by Gasteiger charge is -2.37. The monoisotopic (exact) mass is 502 g/mol. The number of nitro groups is 1. The van der Waals surface area contributed by atoms with Crippen LogP contribution in [0.15, 0.2) is 48.5 Å². The van der Waals surface area contributed by atoms with E-state index in [4.69, 9.17) is 5.10 Å². The first kappa shape index (κ1) is 25.0. The lowest BCUT2D eigenvalue weighted by atomic mass is 9.97. The smallest absolute Gasteiger partial charge is 0.269 e. The summed E-state index contributed by atoms with van der Waals surface area (Å²) in [5, 5.41) is 15.8. The van der Waals surface area contributed by atoms with Gasteiger partial charge in [0, 0.05) is 75.3 Å². The summed E-state index contributed by atoms with van der Waals surface area (Å²) in [6.07, 6.45) is 4.05. The van der Waals surface area contributed by atoms with Gasteiger partial charge in [0.05, 0.1) is 10.6 Å². The van der Waals surface area contributed by atoms with E-state index in [1.165, 1.54) is 23.4 Å². The van der Waals surface area contributed by atoms with Crippen molar-refractivity contribution in [2.75, 3.05) is 49.1 Å². The summed E-state index contributed by atoms with van der Waals surface area (Å²) in [5.74, 6) is 0.709. The third-order valence-electron chi connectivity index (χ3n) is 7.52. The van der Waals surface area contributed by atoms with Crippen LogP contribution in [0.3, 0.4) is 0 Å². The van der Waals surface area contributed by atoms with Crippen molar-refractivity contribution in [2.24, 2.45) is 7.05 Å². The number of aryl methyl sites for hydroxylation is 3. The number of hydrogen-bond donors (Lipinski definition) is 0. The predicted molar refractivity (Wildman–Crippen MR) is 144 cm³/mol. The van der Waals surface area contributed by atoms with Gasteiger partial charge in [-0.3, -0.25) is 29.4 Å². The molecule has 0 bridgehead atoms. The molecule has 1 saturated heterocycles. The third kappa shape index (κ3) is 5.36. The number of nitro benzene ring substituents is 1. The van der Waals surface area contributed by atoms with Crippen molar-refractivity contribution in [3.63, 3.8) is 0 Å². The van der Waals surface area contributed by atoms with Gasteiger partial charge in [0.2, 0.25) is 0 Å². The van der Waals surface area contributed by atoms with E-state index in [-0.39, 0.29) is 11.6 Å². The molecule has 0 N–H and O–H groups in total. The summed E-state index contributed by atoms with van der Waals surface area (Å²) in [4.78, 5) is 31.1. The van der Waals surface area contributed by atoms with Crippen molar-refractivity contribution in [3.8, 4) is 0 Å². The van der Waals surface area contributed by atoms with Gasteiger partial charge >= 0.3 is 0 Å². The number of amides is 1. The largest absolute Gasteiger partial charge is 0.369 e. The number of fused-ring (bicyclic) bond motifs is 1. The van der Waals surface area contributed by atoms with Crippen LogP contribution < -0.4 is 9.80 Å². The van der Waals surface area contributed by atoms with E-state index < -0.39 is 4.92 Å². The average molecular weight is 503 g/mol. The second-order valence-electron chi connectivity index (χ2n) is 10.0. The quantitative estimate of drug-likeness (QED) is 0.359. The Labute approximate surface area is 217 Å². The highest BCUT2D eigenvalue weighted by Crippen LogP contribution is 2.31. The summed E-state index contributed by atoms with van der Waals surface area (Å²) in [6, 6.07) is 14.6. The molecule has 37 heavy (non-hydrogen) atoms. The molecule has 1 aliphatic carbocycles. The van der Waals surface area contributed by atoms with Crippen LogP contribution >= 0.6 is 0 Å². The lowest BCUT2D eigenvalue weighted by molar-refractivity contribution is -0.384. The third-order valence-corrected chi connectivity index (χ3v) is 7.52. The summed E-state index contributed by atoms with van der Waals surface area (Å²) >= 11 is 0. The number of non-ortho nitro benzene ring substituents is 1. The van der Waals surface area contributed by atoms with E-state index in [1.807, 2.05) is 16.6 Å². The number of carbonyl (C=O) groups is 1. The second-order valence-corrected chi connectivity index (χ2v) is 10.0. The van der Waals surface area contributed by atoms with Crippen LogP contribution in [0, 0.1) is 17.0 Å². The fraction of sp³-hybridized carbons (Fsp3) is 0.429. The van der Waals surface area contributed by atoms with E-state index in [0.717, 1.165) is 75.5 Å². The molecule has 1 fully saturated rings. The minimum absolute atomic E-state index is 0.0209. The predicted octanol–water partition coefficient (Wildman–Crippen LogP) is 3.98. The SMILES string of the molecule is Cc1ccc(N2CCN(CCN(C(=O)c3ccc([N+](=O)[O-])cc3)c3c4c(nn3C)CCCC4)CC2)cc1. The number of hydrogen-bond acceptors (Lipinski definition) is 6. The number of anilines is 2. The molecule has 9 heteroatoms. The number of rotatable bonds is 7. The zero-order valence-corrected chi connectivity index (χ0v) is 21.6. The first-order valence-corrected chi connectivity index (χ1v) is 13.1. The highest BCUT2D eigenvalue weighted by atomic mass is 16.6. The van der Waals surface area contributed by atoms with Gasteiger partial charge in [0.15, 0.2) is 0 Å². The van der Waals surface area contributed by atoms with Gasteiger partial charge in [0.25, 0.3) is 11.6 Å². The number of carbonyl (C=O) groups excluding carboxylic acids is 1. The standard InChI is InChI=1S/C28H34N6O3/c1-21-7-11-23(12-8-21)32-18-15-31(16-19-32)17-20-33(27-25-5-3-4-6-26(25)29-30(27)2)28(35)22-9-13-24(14-10-22)34(36)37/h7-14H,3-6,15-20H2,1-2H3. The fourth-order valence-corrected chi connectivity index (χ4v) is 5.41. The number of aromatic nitrogens is 2. The van der Waals surface area contributed by atoms with E-state index >= 15 is 0 Å². The van der Waals surface area contributed by atoms with Gasteiger partial charge in [-0.1, -0.05) is 17.7 Å².